The zero-order valence-corrected chi connectivity index (χ0v) is 18.3. The third-order valence-electron chi connectivity index (χ3n) is 4.54. The molecule has 0 amide bonds. The van der Waals surface area contributed by atoms with Gasteiger partial charge in [-0.15, -0.1) is 0 Å². The van der Waals surface area contributed by atoms with Crippen LogP contribution in [0.5, 0.6) is 0 Å². The van der Waals surface area contributed by atoms with Crippen molar-refractivity contribution in [1.29, 1.82) is 0 Å². The number of aryl methyl sites for hydroxylation is 1. The van der Waals surface area contributed by atoms with Gasteiger partial charge in [-0.3, -0.25) is 0 Å². The van der Waals surface area contributed by atoms with Gasteiger partial charge >= 0.3 is 5.51 Å². The molecule has 0 unspecified atom stereocenters. The topological polar surface area (TPSA) is 104 Å². The molecule has 4 heterocycles. The number of rotatable bonds is 5. The Morgan fingerprint density at radius 3 is 2.47 bits per heavy atom. The number of fused-ring (bicyclic) bond motifs is 1. The van der Waals surface area contributed by atoms with E-state index in [1.165, 1.54) is 48.3 Å². The van der Waals surface area contributed by atoms with Crippen molar-refractivity contribution < 1.29 is 21.6 Å². The third kappa shape index (κ3) is 4.30. The first kappa shape index (κ1) is 22.1. The Balaban J connectivity index is 1.93. The van der Waals surface area contributed by atoms with Crippen LogP contribution in [0.25, 0.3) is 34.1 Å². The van der Waals surface area contributed by atoms with Crippen molar-refractivity contribution in [1.82, 2.24) is 29.5 Å². The minimum absolute atomic E-state index is 0.0454. The maximum Gasteiger partial charge on any atom is 0.447 e. The molecule has 0 fully saturated rings. The summed E-state index contributed by atoms with van der Waals surface area (Å²) in [6.07, 6.45) is 4.32. The SMILES string of the molecule is CCS(=O)(=O)c1ccc(-c2ncccn2)nc1-c1nc2cc(SC(F)(F)F)ncc2n1C. The van der Waals surface area contributed by atoms with Gasteiger partial charge < -0.3 is 4.57 Å². The average Bonchev–Trinajstić information content (AvgIpc) is 3.08. The lowest BCUT2D eigenvalue weighted by Gasteiger charge is -2.10. The van der Waals surface area contributed by atoms with E-state index in [0.717, 1.165) is 0 Å². The Morgan fingerprint density at radius 2 is 1.81 bits per heavy atom. The van der Waals surface area contributed by atoms with Crippen molar-refractivity contribution in [2.75, 3.05) is 5.75 Å². The van der Waals surface area contributed by atoms with Crippen LogP contribution in [0.3, 0.4) is 0 Å². The zero-order valence-electron chi connectivity index (χ0n) is 16.7. The highest BCUT2D eigenvalue weighted by Crippen LogP contribution is 2.37. The number of halogens is 3. The molecule has 4 aromatic rings. The van der Waals surface area contributed by atoms with E-state index in [4.69, 9.17) is 0 Å². The summed E-state index contributed by atoms with van der Waals surface area (Å²) in [6.45, 7) is 1.51. The molecule has 4 rings (SSSR count). The Labute approximate surface area is 184 Å². The molecular formula is C19H15F3N6O2S2. The van der Waals surface area contributed by atoms with E-state index < -0.39 is 15.3 Å². The highest BCUT2D eigenvalue weighted by atomic mass is 32.2. The Kier molecular flexibility index (Phi) is 5.63. The second-order valence-electron chi connectivity index (χ2n) is 6.57. The number of alkyl halides is 3. The second-order valence-corrected chi connectivity index (χ2v) is 9.90. The standard InChI is InChI=1S/C19H15F3N6O2S2/c1-3-32(29,30)14-6-5-11(17-23-7-4-8-24-17)26-16(14)18-27-12-9-15(31-19(20,21)22)25-10-13(12)28(18)2/h4-10H,3H2,1-2H3. The molecule has 0 aromatic carbocycles. The summed E-state index contributed by atoms with van der Waals surface area (Å²) in [5, 5.41) is -0.268. The lowest BCUT2D eigenvalue weighted by Crippen LogP contribution is -2.09. The lowest BCUT2D eigenvalue weighted by molar-refractivity contribution is -0.0329. The second kappa shape index (κ2) is 8.13. The first-order chi connectivity index (χ1) is 15.1. The zero-order chi connectivity index (χ0) is 23.1. The van der Waals surface area contributed by atoms with E-state index in [1.807, 2.05) is 0 Å². The number of hydrogen-bond donors (Lipinski definition) is 0. The number of sulfone groups is 1. The van der Waals surface area contributed by atoms with Crippen molar-refractivity contribution in [3.63, 3.8) is 0 Å². The highest BCUT2D eigenvalue weighted by Gasteiger charge is 2.30. The number of thioether (sulfide) groups is 1. The minimum atomic E-state index is -4.49. The number of aromatic nitrogens is 6. The lowest BCUT2D eigenvalue weighted by atomic mass is 10.2. The van der Waals surface area contributed by atoms with E-state index in [2.05, 4.69) is 24.9 Å². The summed E-state index contributed by atoms with van der Waals surface area (Å²) in [5.41, 5.74) is -3.46. The van der Waals surface area contributed by atoms with E-state index in [1.54, 1.807) is 13.1 Å². The van der Waals surface area contributed by atoms with Crippen molar-refractivity contribution >= 4 is 32.6 Å². The van der Waals surface area contributed by atoms with Crippen LogP contribution in [0, 0.1) is 0 Å². The predicted molar refractivity (Wildman–Crippen MR) is 112 cm³/mol. The van der Waals surface area contributed by atoms with Gasteiger partial charge in [-0.1, -0.05) is 6.92 Å². The smallest absolute Gasteiger partial charge is 0.324 e. The molecule has 0 spiro atoms. The fourth-order valence-corrected chi connectivity index (χ4v) is 4.56. The van der Waals surface area contributed by atoms with Gasteiger partial charge in [0.1, 0.15) is 16.4 Å². The quantitative estimate of drug-likeness (QED) is 0.396. The van der Waals surface area contributed by atoms with Crippen LogP contribution in [-0.2, 0) is 16.9 Å². The number of nitrogens with zero attached hydrogens (tertiary/aromatic N) is 6. The predicted octanol–water partition coefficient (Wildman–Crippen LogP) is 3.89. The van der Waals surface area contributed by atoms with Gasteiger partial charge in [0.2, 0.25) is 0 Å². The summed E-state index contributed by atoms with van der Waals surface area (Å²) in [5.74, 6) is 0.292. The number of imidazole rings is 1. The summed E-state index contributed by atoms with van der Waals surface area (Å²) < 4.78 is 65.2. The van der Waals surface area contributed by atoms with Crippen LogP contribution in [0.4, 0.5) is 13.2 Å². The summed E-state index contributed by atoms with van der Waals surface area (Å²) >= 11 is -0.351. The summed E-state index contributed by atoms with van der Waals surface area (Å²) in [7, 11) is -2.08. The Bertz CT molecular complexity index is 1410. The maximum atomic E-state index is 12.7. The van der Waals surface area contributed by atoms with Gasteiger partial charge in [-0.25, -0.2) is 33.3 Å². The monoisotopic (exact) mass is 480 g/mol. The molecule has 0 atom stereocenters. The van der Waals surface area contributed by atoms with Crippen molar-refractivity contribution in [3.05, 3.63) is 42.9 Å². The van der Waals surface area contributed by atoms with Crippen LogP contribution in [0.2, 0.25) is 0 Å². The molecule has 0 aliphatic carbocycles. The first-order valence-corrected chi connectivity index (χ1v) is 11.7. The number of pyridine rings is 2. The van der Waals surface area contributed by atoms with Crippen LogP contribution < -0.4 is 0 Å². The third-order valence-corrected chi connectivity index (χ3v) is 6.97. The molecule has 8 nitrogen and oxygen atoms in total. The fraction of sp³-hybridized carbons (Fsp3) is 0.211. The molecule has 0 saturated carbocycles. The van der Waals surface area contributed by atoms with Crippen LogP contribution in [-0.4, -0.2) is 49.2 Å². The largest absolute Gasteiger partial charge is 0.447 e. The Morgan fingerprint density at radius 1 is 1.09 bits per heavy atom. The fourth-order valence-electron chi connectivity index (χ4n) is 3.03. The molecule has 0 aliphatic rings. The molecule has 0 aliphatic heterocycles. The van der Waals surface area contributed by atoms with Crippen LogP contribution in [0.1, 0.15) is 6.92 Å². The molecule has 0 bridgehead atoms. The molecule has 4 aromatic heterocycles. The highest BCUT2D eigenvalue weighted by molar-refractivity contribution is 8.00. The normalized spacial score (nSPS) is 12.4. The van der Waals surface area contributed by atoms with E-state index in [0.29, 0.717) is 17.0 Å². The van der Waals surface area contributed by atoms with Gasteiger partial charge in [0.25, 0.3) is 0 Å². The van der Waals surface area contributed by atoms with Gasteiger partial charge in [0.05, 0.1) is 27.9 Å². The first-order valence-electron chi connectivity index (χ1n) is 9.19. The van der Waals surface area contributed by atoms with Crippen molar-refractivity contribution in [3.8, 4) is 23.0 Å². The van der Waals surface area contributed by atoms with Crippen molar-refractivity contribution in [2.24, 2.45) is 7.05 Å². The van der Waals surface area contributed by atoms with Gasteiger partial charge in [-0.2, -0.15) is 13.2 Å². The summed E-state index contributed by atoms with van der Waals surface area (Å²) in [4.78, 5) is 20.9. The molecular weight excluding hydrogens is 465 g/mol. The molecule has 166 valence electrons. The average molecular weight is 480 g/mol. The van der Waals surface area contributed by atoms with Crippen LogP contribution in [0.15, 0.2) is 52.8 Å². The van der Waals surface area contributed by atoms with Gasteiger partial charge in [0, 0.05) is 31.2 Å². The van der Waals surface area contributed by atoms with E-state index in [9.17, 15) is 21.6 Å². The maximum absolute atomic E-state index is 12.7. The van der Waals surface area contributed by atoms with Gasteiger partial charge in [-0.05, 0) is 24.3 Å². The summed E-state index contributed by atoms with van der Waals surface area (Å²) in [6, 6.07) is 5.75. The van der Waals surface area contributed by atoms with Gasteiger partial charge in [0.15, 0.2) is 21.5 Å². The van der Waals surface area contributed by atoms with Crippen molar-refractivity contribution in [2.45, 2.75) is 22.4 Å². The number of hydrogen-bond acceptors (Lipinski definition) is 8. The molecule has 13 heteroatoms. The van der Waals surface area contributed by atoms with Crippen LogP contribution >= 0.6 is 11.8 Å². The van der Waals surface area contributed by atoms with E-state index >= 15 is 0 Å². The molecule has 32 heavy (non-hydrogen) atoms. The molecule has 0 radical (unpaired) electrons. The Hall–Kier alpha value is -3.06. The van der Waals surface area contributed by atoms with E-state index in [-0.39, 0.29) is 44.5 Å². The molecule has 0 saturated heterocycles. The molecule has 0 N–H and O–H groups in total. The minimum Gasteiger partial charge on any atom is -0.324 e.